The number of hydrogen-bond donors (Lipinski definition) is 1. The van der Waals surface area contributed by atoms with Gasteiger partial charge in [0.05, 0.1) is 9.82 Å². The zero-order valence-corrected chi connectivity index (χ0v) is 13.7. The minimum absolute atomic E-state index is 0.00204. The summed E-state index contributed by atoms with van der Waals surface area (Å²) in [6.45, 7) is 1.61. The van der Waals surface area contributed by atoms with E-state index < -0.39 is 14.9 Å². The van der Waals surface area contributed by atoms with E-state index in [9.17, 15) is 18.5 Å². The molecule has 0 saturated heterocycles. The van der Waals surface area contributed by atoms with Crippen molar-refractivity contribution in [3.8, 4) is 0 Å². The third kappa shape index (κ3) is 3.38. The zero-order valence-electron chi connectivity index (χ0n) is 12.1. The Kier molecular flexibility index (Phi) is 4.76. The minimum atomic E-state index is -3.96. The maximum absolute atomic E-state index is 12.8. The fourth-order valence-corrected chi connectivity index (χ4v) is 3.74. The van der Waals surface area contributed by atoms with Gasteiger partial charge in [0, 0.05) is 23.3 Å². The van der Waals surface area contributed by atoms with Gasteiger partial charge in [-0.2, -0.15) is 0 Å². The number of anilines is 2. The molecule has 0 spiro atoms. The molecule has 2 aromatic carbocycles. The quantitative estimate of drug-likeness (QED) is 0.504. The predicted octanol–water partition coefficient (Wildman–Crippen LogP) is 3.05. The fraction of sp³-hybridized carbons (Fsp3) is 0.143. The number of nitrogens with zero attached hydrogens (tertiary/aromatic N) is 2. The lowest BCUT2D eigenvalue weighted by Gasteiger charge is -2.22. The van der Waals surface area contributed by atoms with Gasteiger partial charge < -0.3 is 5.73 Å². The molecule has 0 bridgehead atoms. The standard InChI is InChI=1S/C14H14ClN3O4S/c1-2-17(13-8-3-10(15)9-14(13)18(19)20)23(21,22)12-6-4-11(16)5-7-12/h3-9H,2,16H2,1H3. The lowest BCUT2D eigenvalue weighted by atomic mass is 10.2. The first kappa shape index (κ1) is 17.0. The van der Waals surface area contributed by atoms with Crippen LogP contribution in [0, 0.1) is 10.1 Å². The average Bonchev–Trinajstić information content (AvgIpc) is 2.49. The van der Waals surface area contributed by atoms with E-state index in [2.05, 4.69) is 0 Å². The molecule has 122 valence electrons. The van der Waals surface area contributed by atoms with Gasteiger partial charge in [-0.25, -0.2) is 8.42 Å². The molecule has 0 radical (unpaired) electrons. The smallest absolute Gasteiger partial charge is 0.295 e. The number of rotatable bonds is 5. The lowest BCUT2D eigenvalue weighted by Crippen LogP contribution is -2.31. The molecule has 2 N–H and O–H groups in total. The van der Waals surface area contributed by atoms with Crippen LogP contribution in [0.15, 0.2) is 47.4 Å². The lowest BCUT2D eigenvalue weighted by molar-refractivity contribution is -0.384. The fourth-order valence-electron chi connectivity index (χ4n) is 2.09. The van der Waals surface area contributed by atoms with E-state index in [0.29, 0.717) is 5.69 Å². The SMILES string of the molecule is CCN(c1ccc(Cl)cc1[N+](=O)[O-])S(=O)(=O)c1ccc(N)cc1. The van der Waals surface area contributed by atoms with Crippen LogP contribution >= 0.6 is 11.6 Å². The third-order valence-corrected chi connectivity index (χ3v) is 5.30. The van der Waals surface area contributed by atoms with Gasteiger partial charge in [0.25, 0.3) is 15.7 Å². The van der Waals surface area contributed by atoms with Gasteiger partial charge in [-0.05, 0) is 43.3 Å². The highest BCUT2D eigenvalue weighted by Crippen LogP contribution is 2.34. The third-order valence-electron chi connectivity index (χ3n) is 3.16. The number of nitrogen functional groups attached to an aromatic ring is 1. The van der Waals surface area contributed by atoms with Gasteiger partial charge >= 0.3 is 0 Å². The van der Waals surface area contributed by atoms with Crippen LogP contribution in [0.4, 0.5) is 17.1 Å². The van der Waals surface area contributed by atoms with Gasteiger partial charge in [0.15, 0.2) is 0 Å². The summed E-state index contributed by atoms with van der Waals surface area (Å²) in [6, 6.07) is 9.47. The van der Waals surface area contributed by atoms with Gasteiger partial charge in [0.1, 0.15) is 5.69 Å². The van der Waals surface area contributed by atoms with E-state index in [4.69, 9.17) is 17.3 Å². The highest BCUT2D eigenvalue weighted by Gasteiger charge is 2.29. The second kappa shape index (κ2) is 6.43. The van der Waals surface area contributed by atoms with E-state index in [1.54, 1.807) is 6.92 Å². The van der Waals surface area contributed by atoms with Crippen molar-refractivity contribution in [2.24, 2.45) is 0 Å². The van der Waals surface area contributed by atoms with Gasteiger partial charge in [-0.15, -0.1) is 0 Å². The Balaban J connectivity index is 2.60. The summed E-state index contributed by atoms with van der Waals surface area (Å²) >= 11 is 5.77. The highest BCUT2D eigenvalue weighted by molar-refractivity contribution is 7.92. The Morgan fingerprint density at radius 3 is 2.35 bits per heavy atom. The molecule has 0 unspecified atom stereocenters. The van der Waals surface area contributed by atoms with E-state index >= 15 is 0 Å². The van der Waals surface area contributed by atoms with Crippen LogP contribution < -0.4 is 10.0 Å². The van der Waals surface area contributed by atoms with Gasteiger partial charge in [-0.1, -0.05) is 11.6 Å². The highest BCUT2D eigenvalue weighted by atomic mass is 35.5. The molecule has 2 rings (SSSR count). The van der Waals surface area contributed by atoms with E-state index in [-0.39, 0.29) is 27.8 Å². The van der Waals surface area contributed by atoms with Crippen molar-refractivity contribution in [3.63, 3.8) is 0 Å². The van der Waals surface area contributed by atoms with Crippen LogP contribution in [0.2, 0.25) is 5.02 Å². The summed E-state index contributed by atoms with van der Waals surface area (Å²) in [4.78, 5) is 10.5. The summed E-state index contributed by atoms with van der Waals surface area (Å²) in [5.74, 6) is 0. The average molecular weight is 356 g/mol. The summed E-state index contributed by atoms with van der Waals surface area (Å²) in [7, 11) is -3.96. The summed E-state index contributed by atoms with van der Waals surface area (Å²) < 4.78 is 26.5. The number of sulfonamides is 1. The number of nitrogens with two attached hydrogens (primary N) is 1. The van der Waals surface area contributed by atoms with E-state index in [0.717, 1.165) is 10.4 Å². The molecule has 0 heterocycles. The van der Waals surface area contributed by atoms with Crippen LogP contribution in [-0.2, 0) is 10.0 Å². The molecule has 0 aliphatic rings. The first-order valence-electron chi connectivity index (χ1n) is 6.59. The molecule has 9 heteroatoms. The van der Waals surface area contributed by atoms with Crippen molar-refractivity contribution in [1.29, 1.82) is 0 Å². The van der Waals surface area contributed by atoms with E-state index in [1.165, 1.54) is 36.4 Å². The van der Waals surface area contributed by atoms with Crippen molar-refractivity contribution in [2.45, 2.75) is 11.8 Å². The monoisotopic (exact) mass is 355 g/mol. The molecule has 0 amide bonds. The molecule has 0 atom stereocenters. The Morgan fingerprint density at radius 1 is 1.22 bits per heavy atom. The second-order valence-electron chi connectivity index (χ2n) is 4.63. The van der Waals surface area contributed by atoms with Crippen molar-refractivity contribution < 1.29 is 13.3 Å². The molecule has 2 aromatic rings. The zero-order chi connectivity index (χ0) is 17.2. The van der Waals surface area contributed by atoms with Crippen molar-refractivity contribution in [1.82, 2.24) is 0 Å². The molecule has 0 aliphatic heterocycles. The number of benzene rings is 2. The maximum Gasteiger partial charge on any atom is 0.295 e. The van der Waals surface area contributed by atoms with Crippen LogP contribution in [0.25, 0.3) is 0 Å². The normalized spacial score (nSPS) is 11.2. The Labute approximate surface area is 138 Å². The largest absolute Gasteiger partial charge is 0.399 e. The van der Waals surface area contributed by atoms with Crippen molar-refractivity contribution in [2.75, 3.05) is 16.6 Å². The van der Waals surface area contributed by atoms with Gasteiger partial charge in [-0.3, -0.25) is 14.4 Å². The molecule has 0 saturated carbocycles. The van der Waals surface area contributed by atoms with Crippen LogP contribution in [-0.4, -0.2) is 19.9 Å². The predicted molar refractivity (Wildman–Crippen MR) is 89.2 cm³/mol. The molecule has 0 fully saturated rings. The second-order valence-corrected chi connectivity index (χ2v) is 6.93. The minimum Gasteiger partial charge on any atom is -0.399 e. The first-order chi connectivity index (χ1) is 10.8. The Hall–Kier alpha value is -2.32. The topological polar surface area (TPSA) is 107 Å². The molecule has 0 aromatic heterocycles. The van der Waals surface area contributed by atoms with Crippen LogP contribution in [0.3, 0.4) is 0 Å². The number of nitro benzene ring substituents is 1. The van der Waals surface area contributed by atoms with Crippen molar-refractivity contribution >= 4 is 38.7 Å². The van der Waals surface area contributed by atoms with Gasteiger partial charge in [0.2, 0.25) is 0 Å². The Morgan fingerprint density at radius 2 is 1.83 bits per heavy atom. The summed E-state index contributed by atoms with van der Waals surface area (Å²) in [5, 5.41) is 11.4. The Bertz CT molecular complexity index is 838. The molecular formula is C14H14ClN3O4S. The van der Waals surface area contributed by atoms with Crippen LogP contribution in [0.5, 0.6) is 0 Å². The summed E-state index contributed by atoms with van der Waals surface area (Å²) in [6.07, 6.45) is 0. The molecule has 23 heavy (non-hydrogen) atoms. The summed E-state index contributed by atoms with van der Waals surface area (Å²) in [5.41, 5.74) is 5.56. The maximum atomic E-state index is 12.8. The number of halogens is 1. The van der Waals surface area contributed by atoms with E-state index in [1.807, 2.05) is 0 Å². The first-order valence-corrected chi connectivity index (χ1v) is 8.41. The molecular weight excluding hydrogens is 342 g/mol. The number of hydrogen-bond acceptors (Lipinski definition) is 5. The molecule has 7 nitrogen and oxygen atoms in total. The molecule has 0 aliphatic carbocycles. The van der Waals surface area contributed by atoms with Crippen molar-refractivity contribution in [3.05, 3.63) is 57.6 Å². The van der Waals surface area contributed by atoms with Crippen LogP contribution in [0.1, 0.15) is 6.92 Å². The number of nitro groups is 1.